The maximum atomic E-state index is 12.3. The van der Waals surface area contributed by atoms with Gasteiger partial charge in [0.05, 0.1) is 0 Å². The van der Waals surface area contributed by atoms with Crippen LogP contribution in [0.1, 0.15) is 54.4 Å². The van der Waals surface area contributed by atoms with Crippen molar-refractivity contribution in [2.75, 3.05) is 39.3 Å². The summed E-state index contributed by atoms with van der Waals surface area (Å²) < 4.78 is 0. The summed E-state index contributed by atoms with van der Waals surface area (Å²) in [6.45, 7) is 5.58. The Morgan fingerprint density at radius 2 is 1.38 bits per heavy atom. The van der Waals surface area contributed by atoms with E-state index in [1.54, 1.807) is 5.57 Å². The largest absolute Gasteiger partial charge is 0.337 e. The smallest absolute Gasteiger partial charge is 0.317 e. The fourth-order valence-corrected chi connectivity index (χ4v) is 5.27. The van der Waals surface area contributed by atoms with Gasteiger partial charge in [-0.05, 0) is 59.9 Å². The molecule has 0 bridgehead atoms. The summed E-state index contributed by atoms with van der Waals surface area (Å²) in [6, 6.07) is 17.7. The molecular formula is C28H33N3O. The van der Waals surface area contributed by atoms with Gasteiger partial charge >= 0.3 is 6.03 Å². The van der Waals surface area contributed by atoms with Gasteiger partial charge in [-0.1, -0.05) is 66.3 Å². The zero-order chi connectivity index (χ0) is 21.8. The van der Waals surface area contributed by atoms with E-state index in [0.717, 1.165) is 65.0 Å². The summed E-state index contributed by atoms with van der Waals surface area (Å²) in [5.74, 6) is 0. The number of carbonyl (C=O) groups excluding carboxylic acids is 1. The van der Waals surface area contributed by atoms with E-state index in [9.17, 15) is 4.79 Å². The quantitative estimate of drug-likeness (QED) is 0.619. The lowest BCUT2D eigenvalue weighted by Gasteiger charge is -2.31. The first-order chi connectivity index (χ1) is 15.8. The number of hydrogen-bond donors (Lipinski definition) is 1. The molecule has 4 heteroatoms. The Kier molecular flexibility index (Phi) is 6.40. The third kappa shape index (κ3) is 4.51. The first kappa shape index (κ1) is 21.0. The maximum absolute atomic E-state index is 12.3. The van der Waals surface area contributed by atoms with Crippen molar-refractivity contribution in [1.29, 1.82) is 0 Å². The molecule has 0 saturated carbocycles. The minimum absolute atomic E-state index is 0.115. The van der Waals surface area contributed by atoms with Crippen LogP contribution in [0.2, 0.25) is 0 Å². The molecule has 5 rings (SSSR count). The summed E-state index contributed by atoms with van der Waals surface area (Å²) in [6.07, 6.45) is 10.2. The molecular weight excluding hydrogens is 394 g/mol. The van der Waals surface area contributed by atoms with Gasteiger partial charge in [-0.25, -0.2) is 4.79 Å². The van der Waals surface area contributed by atoms with Gasteiger partial charge in [0, 0.05) is 39.3 Å². The summed E-state index contributed by atoms with van der Waals surface area (Å²) in [5.41, 5.74) is 8.29. The molecule has 4 nitrogen and oxygen atoms in total. The van der Waals surface area contributed by atoms with Crippen LogP contribution >= 0.6 is 0 Å². The zero-order valence-electron chi connectivity index (χ0n) is 18.9. The van der Waals surface area contributed by atoms with E-state index in [1.165, 1.54) is 34.2 Å². The summed E-state index contributed by atoms with van der Waals surface area (Å²) in [4.78, 5) is 16.8. The molecule has 2 aromatic rings. The topological polar surface area (TPSA) is 35.6 Å². The summed E-state index contributed by atoms with van der Waals surface area (Å²) >= 11 is 0. The van der Waals surface area contributed by atoms with Crippen molar-refractivity contribution in [2.24, 2.45) is 0 Å². The summed E-state index contributed by atoms with van der Waals surface area (Å²) in [5, 5.41) is 3.13. The van der Waals surface area contributed by atoms with Crippen molar-refractivity contribution in [1.82, 2.24) is 15.1 Å². The number of nitrogens with zero attached hydrogens (tertiary/aromatic N) is 2. The first-order valence-corrected chi connectivity index (χ1v) is 12.1. The van der Waals surface area contributed by atoms with Gasteiger partial charge in [0.25, 0.3) is 0 Å². The molecule has 32 heavy (non-hydrogen) atoms. The van der Waals surface area contributed by atoms with Gasteiger partial charge in [-0.15, -0.1) is 0 Å². The number of piperidine rings is 2. The molecule has 1 N–H and O–H groups in total. The standard InChI is InChI=1S/C28H33N3O/c32-28(31-17-6-1-7-18-31)29-16-21-30-19-14-24(15-20-30)27-25-10-4-2-8-22(25)12-13-23-9-3-5-11-26(23)27/h2-5,8-13H,1,6-7,14-21H2,(H,29,32). The van der Waals surface area contributed by atoms with Crippen LogP contribution in [0.4, 0.5) is 4.79 Å². The number of carbonyl (C=O) groups is 1. The normalized spacial score (nSPS) is 18.7. The summed E-state index contributed by atoms with van der Waals surface area (Å²) in [7, 11) is 0. The third-order valence-electron chi connectivity index (χ3n) is 7.06. The highest BCUT2D eigenvalue weighted by molar-refractivity contribution is 5.94. The van der Waals surface area contributed by atoms with E-state index in [4.69, 9.17) is 0 Å². The van der Waals surface area contributed by atoms with Gasteiger partial charge in [0.15, 0.2) is 0 Å². The highest BCUT2D eigenvalue weighted by Crippen LogP contribution is 2.38. The van der Waals surface area contributed by atoms with E-state index in [0.29, 0.717) is 0 Å². The van der Waals surface area contributed by atoms with Crippen molar-refractivity contribution >= 4 is 23.8 Å². The predicted octanol–water partition coefficient (Wildman–Crippen LogP) is 5.26. The molecule has 2 aromatic carbocycles. The molecule has 166 valence electrons. The van der Waals surface area contributed by atoms with Crippen LogP contribution in [0.25, 0.3) is 17.7 Å². The molecule has 2 saturated heterocycles. The zero-order valence-corrected chi connectivity index (χ0v) is 18.9. The second-order valence-electron chi connectivity index (χ2n) is 9.11. The van der Waals surface area contributed by atoms with E-state index >= 15 is 0 Å². The van der Waals surface area contributed by atoms with Gasteiger partial charge in [-0.3, -0.25) is 0 Å². The Bertz CT molecular complexity index is 971. The average molecular weight is 428 g/mol. The Morgan fingerprint density at radius 1 is 0.781 bits per heavy atom. The van der Waals surface area contributed by atoms with Gasteiger partial charge in [-0.2, -0.15) is 0 Å². The molecule has 2 aliphatic heterocycles. The van der Waals surface area contributed by atoms with E-state index < -0.39 is 0 Å². The van der Waals surface area contributed by atoms with Crippen LogP contribution < -0.4 is 5.32 Å². The Balaban J connectivity index is 1.26. The predicted molar refractivity (Wildman–Crippen MR) is 132 cm³/mol. The molecule has 2 fully saturated rings. The minimum Gasteiger partial charge on any atom is -0.337 e. The number of nitrogens with one attached hydrogen (secondary N) is 1. The molecule has 0 atom stereocenters. The molecule has 0 aromatic heterocycles. The third-order valence-corrected chi connectivity index (χ3v) is 7.06. The molecule has 0 unspecified atom stereocenters. The fraction of sp³-hybridized carbons (Fsp3) is 0.393. The number of benzene rings is 2. The van der Waals surface area contributed by atoms with E-state index in [-0.39, 0.29) is 6.03 Å². The van der Waals surface area contributed by atoms with Gasteiger partial charge < -0.3 is 15.1 Å². The highest BCUT2D eigenvalue weighted by Gasteiger charge is 2.22. The molecule has 2 amide bonds. The van der Waals surface area contributed by atoms with Crippen LogP contribution in [0.3, 0.4) is 0 Å². The van der Waals surface area contributed by atoms with Crippen LogP contribution in [0.15, 0.2) is 54.1 Å². The Labute approximate surface area is 191 Å². The average Bonchev–Trinajstić information content (AvgIpc) is 3.02. The second-order valence-corrected chi connectivity index (χ2v) is 9.11. The lowest BCUT2D eigenvalue weighted by molar-refractivity contribution is 0.183. The lowest BCUT2D eigenvalue weighted by Crippen LogP contribution is -2.45. The molecule has 2 heterocycles. The monoisotopic (exact) mass is 427 g/mol. The first-order valence-electron chi connectivity index (χ1n) is 12.1. The maximum Gasteiger partial charge on any atom is 0.317 e. The number of hydrogen-bond acceptors (Lipinski definition) is 2. The number of urea groups is 1. The lowest BCUT2D eigenvalue weighted by atomic mass is 9.86. The van der Waals surface area contributed by atoms with Crippen molar-refractivity contribution < 1.29 is 4.79 Å². The van der Waals surface area contributed by atoms with Gasteiger partial charge in [0.2, 0.25) is 0 Å². The van der Waals surface area contributed by atoms with Crippen molar-refractivity contribution in [2.45, 2.75) is 32.1 Å². The van der Waals surface area contributed by atoms with Crippen LogP contribution in [-0.2, 0) is 0 Å². The minimum atomic E-state index is 0.115. The van der Waals surface area contributed by atoms with Crippen LogP contribution in [-0.4, -0.2) is 55.1 Å². The molecule has 0 spiro atoms. The van der Waals surface area contributed by atoms with E-state index in [2.05, 4.69) is 70.9 Å². The van der Waals surface area contributed by atoms with Gasteiger partial charge in [0.1, 0.15) is 0 Å². The van der Waals surface area contributed by atoms with Crippen LogP contribution in [0, 0.1) is 0 Å². The molecule has 3 aliphatic rings. The Morgan fingerprint density at radius 3 is 2.00 bits per heavy atom. The SMILES string of the molecule is O=C(NCCN1CCC(=C2c3ccccc3C=Cc3ccccc32)CC1)N1CCCCC1. The molecule has 0 radical (unpaired) electrons. The van der Waals surface area contributed by atoms with Crippen molar-refractivity contribution in [3.05, 3.63) is 76.4 Å². The second kappa shape index (κ2) is 9.74. The van der Waals surface area contributed by atoms with Crippen molar-refractivity contribution in [3.8, 4) is 0 Å². The number of rotatable bonds is 3. The number of fused-ring (bicyclic) bond motifs is 2. The van der Waals surface area contributed by atoms with E-state index in [1.807, 2.05) is 4.90 Å². The Hall–Kier alpha value is -2.85. The number of amides is 2. The van der Waals surface area contributed by atoms with Crippen molar-refractivity contribution in [3.63, 3.8) is 0 Å². The number of likely N-dealkylation sites (tertiary alicyclic amines) is 2. The highest BCUT2D eigenvalue weighted by atomic mass is 16.2. The fourth-order valence-electron chi connectivity index (χ4n) is 5.27. The van der Waals surface area contributed by atoms with Crippen LogP contribution in [0.5, 0.6) is 0 Å². The molecule has 1 aliphatic carbocycles.